The molecule has 2 aromatic carbocycles. The van der Waals surface area contributed by atoms with Gasteiger partial charge in [-0.25, -0.2) is 31.0 Å². The van der Waals surface area contributed by atoms with Crippen molar-refractivity contribution in [1.29, 1.82) is 0 Å². The van der Waals surface area contributed by atoms with Gasteiger partial charge in [-0.2, -0.15) is 0 Å². The summed E-state index contributed by atoms with van der Waals surface area (Å²) >= 11 is 0. The highest BCUT2D eigenvalue weighted by molar-refractivity contribution is 7.92. The fraction of sp³-hybridized carbons (Fsp3) is 0.0500. The van der Waals surface area contributed by atoms with E-state index >= 15 is 0 Å². The minimum Gasteiger partial charge on any atom is -0.317 e. The number of nitrogens with one attached hydrogen (secondary N) is 3. The molecule has 0 saturated carbocycles. The maximum atomic E-state index is 14.8. The number of halogens is 4. The number of hydrogen-bond donors (Lipinski definition) is 3. The molecule has 0 aliphatic rings. The predicted molar refractivity (Wildman–Crippen MR) is 110 cm³/mol. The molecule has 1 heterocycles. The molecule has 0 radical (unpaired) electrons. The molecule has 0 fully saturated rings. The standard InChI is InChI=1S/C20H14F4N4O4S/c1-10(29)26-16-8-5-11(9-25-16)20(30)27-18-12(21)6-7-15(17(18)24)28-33(31,32)19-13(22)3-2-4-14(19)23/h2-9,28H,1H3,(H,27,30)(H,25,26,29). The van der Waals surface area contributed by atoms with Crippen LogP contribution in [0.1, 0.15) is 17.3 Å². The summed E-state index contributed by atoms with van der Waals surface area (Å²) in [4.78, 5) is 25.8. The van der Waals surface area contributed by atoms with Crippen LogP contribution in [-0.4, -0.2) is 25.2 Å². The lowest BCUT2D eigenvalue weighted by Gasteiger charge is -2.14. The van der Waals surface area contributed by atoms with E-state index in [2.05, 4.69) is 10.3 Å². The molecular weight excluding hydrogens is 468 g/mol. The Morgan fingerprint density at radius 1 is 0.879 bits per heavy atom. The highest BCUT2D eigenvalue weighted by Gasteiger charge is 2.26. The summed E-state index contributed by atoms with van der Waals surface area (Å²) in [5, 5.41) is 4.31. The monoisotopic (exact) mass is 482 g/mol. The van der Waals surface area contributed by atoms with Crippen molar-refractivity contribution in [2.75, 3.05) is 15.4 Å². The third-order valence-corrected chi connectivity index (χ3v) is 5.51. The zero-order chi connectivity index (χ0) is 24.3. The third-order valence-electron chi connectivity index (χ3n) is 4.09. The Kier molecular flexibility index (Phi) is 6.62. The van der Waals surface area contributed by atoms with Crippen molar-refractivity contribution in [2.45, 2.75) is 11.8 Å². The molecule has 13 heteroatoms. The minimum absolute atomic E-state index is 0.133. The third kappa shape index (κ3) is 5.26. The van der Waals surface area contributed by atoms with E-state index in [1.165, 1.54) is 19.1 Å². The van der Waals surface area contributed by atoms with Gasteiger partial charge < -0.3 is 10.6 Å². The van der Waals surface area contributed by atoms with E-state index in [1.54, 1.807) is 4.72 Å². The first kappa shape index (κ1) is 23.7. The van der Waals surface area contributed by atoms with E-state index in [1.807, 2.05) is 5.32 Å². The average Bonchev–Trinajstić information content (AvgIpc) is 2.73. The lowest BCUT2D eigenvalue weighted by Crippen LogP contribution is -2.19. The second-order valence-electron chi connectivity index (χ2n) is 6.51. The number of rotatable bonds is 6. The number of carbonyl (C=O) groups excluding carboxylic acids is 2. The second-order valence-corrected chi connectivity index (χ2v) is 8.13. The van der Waals surface area contributed by atoms with E-state index < -0.39 is 61.4 Å². The van der Waals surface area contributed by atoms with Gasteiger partial charge in [0.05, 0.1) is 11.3 Å². The van der Waals surface area contributed by atoms with Crippen LogP contribution in [0.5, 0.6) is 0 Å². The summed E-state index contributed by atoms with van der Waals surface area (Å²) in [5.74, 6) is -6.90. The van der Waals surface area contributed by atoms with Gasteiger partial charge in [-0.05, 0) is 36.4 Å². The van der Waals surface area contributed by atoms with E-state index in [9.17, 15) is 35.6 Å². The van der Waals surface area contributed by atoms with Gasteiger partial charge in [0.1, 0.15) is 29.0 Å². The van der Waals surface area contributed by atoms with Gasteiger partial charge in [0.25, 0.3) is 15.9 Å². The van der Waals surface area contributed by atoms with Crippen LogP contribution in [-0.2, 0) is 14.8 Å². The summed E-state index contributed by atoms with van der Waals surface area (Å²) in [5.41, 5.74) is -2.02. The predicted octanol–water partition coefficient (Wildman–Crippen LogP) is 3.65. The Hall–Kier alpha value is -4.00. The number of hydrogen-bond acceptors (Lipinski definition) is 5. The van der Waals surface area contributed by atoms with Crippen LogP contribution in [0.25, 0.3) is 0 Å². The van der Waals surface area contributed by atoms with Gasteiger partial charge in [0.15, 0.2) is 10.7 Å². The average molecular weight is 482 g/mol. The molecule has 0 saturated heterocycles. The first-order valence-corrected chi connectivity index (χ1v) is 10.5. The van der Waals surface area contributed by atoms with Crippen molar-refractivity contribution in [1.82, 2.24) is 4.98 Å². The highest BCUT2D eigenvalue weighted by atomic mass is 32.2. The van der Waals surface area contributed by atoms with Gasteiger partial charge >= 0.3 is 0 Å². The molecule has 0 unspecified atom stereocenters. The number of anilines is 3. The second kappa shape index (κ2) is 9.24. The summed E-state index contributed by atoms with van der Waals surface area (Å²) in [6, 6.07) is 6.14. The molecule has 3 rings (SSSR count). The SMILES string of the molecule is CC(=O)Nc1ccc(C(=O)Nc2c(F)ccc(NS(=O)(=O)c3c(F)cccc3F)c2F)cn1. The van der Waals surface area contributed by atoms with Crippen molar-refractivity contribution >= 4 is 39.0 Å². The van der Waals surface area contributed by atoms with Gasteiger partial charge in [0, 0.05) is 13.1 Å². The van der Waals surface area contributed by atoms with Crippen molar-refractivity contribution < 1.29 is 35.6 Å². The lowest BCUT2D eigenvalue weighted by molar-refractivity contribution is -0.114. The van der Waals surface area contributed by atoms with Crippen LogP contribution in [0.15, 0.2) is 53.6 Å². The molecule has 3 N–H and O–H groups in total. The summed E-state index contributed by atoms with van der Waals surface area (Å²) in [7, 11) is -4.94. The summed E-state index contributed by atoms with van der Waals surface area (Å²) < 4.78 is 83.1. The molecule has 0 aliphatic heterocycles. The molecular formula is C20H14F4N4O4S. The summed E-state index contributed by atoms with van der Waals surface area (Å²) in [6.45, 7) is 1.25. The van der Waals surface area contributed by atoms with Crippen LogP contribution >= 0.6 is 0 Å². The molecule has 1 aromatic heterocycles. The normalized spacial score (nSPS) is 11.1. The zero-order valence-corrected chi connectivity index (χ0v) is 17.4. The van der Waals surface area contributed by atoms with Gasteiger partial charge in [-0.1, -0.05) is 6.07 Å². The van der Waals surface area contributed by atoms with E-state index in [4.69, 9.17) is 0 Å². The molecule has 3 aromatic rings. The van der Waals surface area contributed by atoms with Gasteiger partial charge in [-0.15, -0.1) is 0 Å². The van der Waals surface area contributed by atoms with Crippen LogP contribution in [0.4, 0.5) is 34.8 Å². The molecule has 2 amide bonds. The quantitative estimate of drug-likeness (QED) is 0.464. The molecule has 0 aliphatic carbocycles. The molecule has 8 nitrogen and oxygen atoms in total. The Morgan fingerprint density at radius 3 is 2.12 bits per heavy atom. The van der Waals surface area contributed by atoms with E-state index in [-0.39, 0.29) is 11.4 Å². The molecule has 33 heavy (non-hydrogen) atoms. The number of nitrogens with zero attached hydrogens (tertiary/aromatic N) is 1. The Bertz CT molecular complexity index is 1330. The van der Waals surface area contributed by atoms with Crippen molar-refractivity contribution in [2.24, 2.45) is 0 Å². The van der Waals surface area contributed by atoms with Crippen LogP contribution < -0.4 is 15.4 Å². The Balaban J connectivity index is 1.88. The maximum Gasteiger partial charge on any atom is 0.267 e. The molecule has 172 valence electrons. The first-order valence-electron chi connectivity index (χ1n) is 8.99. The molecule has 0 spiro atoms. The van der Waals surface area contributed by atoms with E-state index in [0.29, 0.717) is 24.3 Å². The summed E-state index contributed by atoms with van der Waals surface area (Å²) in [6.07, 6.45) is 1.03. The topological polar surface area (TPSA) is 117 Å². The number of pyridine rings is 1. The number of benzene rings is 2. The first-order chi connectivity index (χ1) is 15.5. The van der Waals surface area contributed by atoms with Crippen LogP contribution in [0, 0.1) is 23.3 Å². The number of carbonyl (C=O) groups is 2. The smallest absolute Gasteiger partial charge is 0.267 e. The molecule has 0 atom stereocenters. The van der Waals surface area contributed by atoms with Crippen LogP contribution in [0.2, 0.25) is 0 Å². The van der Waals surface area contributed by atoms with Crippen LogP contribution in [0.3, 0.4) is 0 Å². The minimum atomic E-state index is -4.94. The molecule has 0 bridgehead atoms. The number of sulfonamides is 1. The Morgan fingerprint density at radius 2 is 1.55 bits per heavy atom. The van der Waals surface area contributed by atoms with Gasteiger partial charge in [-0.3, -0.25) is 14.3 Å². The largest absolute Gasteiger partial charge is 0.317 e. The Labute approximate surface area is 184 Å². The van der Waals surface area contributed by atoms with Crippen molar-refractivity contribution in [3.8, 4) is 0 Å². The van der Waals surface area contributed by atoms with E-state index in [0.717, 1.165) is 12.3 Å². The van der Waals surface area contributed by atoms with Crippen molar-refractivity contribution in [3.05, 3.63) is 77.5 Å². The maximum absolute atomic E-state index is 14.8. The fourth-order valence-electron chi connectivity index (χ4n) is 2.65. The van der Waals surface area contributed by atoms with Crippen molar-refractivity contribution in [3.63, 3.8) is 0 Å². The number of amides is 2. The number of aromatic nitrogens is 1. The zero-order valence-electron chi connectivity index (χ0n) is 16.6. The highest BCUT2D eigenvalue weighted by Crippen LogP contribution is 2.29. The lowest BCUT2D eigenvalue weighted by atomic mass is 10.2. The fourth-order valence-corrected chi connectivity index (χ4v) is 3.85. The van der Waals surface area contributed by atoms with Gasteiger partial charge in [0.2, 0.25) is 5.91 Å².